The van der Waals surface area contributed by atoms with Gasteiger partial charge in [0.15, 0.2) is 0 Å². The largest absolute Gasteiger partial charge is 0.346 e. The molecule has 1 aliphatic rings. The minimum Gasteiger partial charge on any atom is -0.346 e. The van der Waals surface area contributed by atoms with Gasteiger partial charge in [0.05, 0.1) is 0 Å². The van der Waals surface area contributed by atoms with E-state index in [1.54, 1.807) is 0 Å². The van der Waals surface area contributed by atoms with Gasteiger partial charge in [-0.2, -0.15) is 0 Å². The van der Waals surface area contributed by atoms with Gasteiger partial charge in [-0.25, -0.2) is 4.98 Å². The monoisotopic (exact) mass is 330 g/mol. The third kappa shape index (κ3) is 2.24. The van der Waals surface area contributed by atoms with E-state index >= 15 is 0 Å². The van der Waals surface area contributed by atoms with Crippen molar-refractivity contribution in [1.29, 1.82) is 0 Å². The van der Waals surface area contributed by atoms with Crippen LogP contribution >= 0.6 is 15.9 Å². The number of nitrogens with one attached hydrogen (secondary N) is 1. The van der Waals surface area contributed by atoms with Crippen LogP contribution in [0.4, 0.5) is 0 Å². The molecule has 0 aliphatic heterocycles. The maximum atomic E-state index is 4.43. The van der Waals surface area contributed by atoms with Gasteiger partial charge in [0.1, 0.15) is 5.65 Å². The highest BCUT2D eigenvalue weighted by atomic mass is 79.9. The van der Waals surface area contributed by atoms with Crippen LogP contribution < -0.4 is 0 Å². The Morgan fingerprint density at radius 3 is 2.90 bits per heavy atom. The Balaban J connectivity index is 2.09. The van der Waals surface area contributed by atoms with E-state index in [0.717, 1.165) is 16.5 Å². The summed E-state index contributed by atoms with van der Waals surface area (Å²) < 4.78 is 1.02. The molecule has 0 bridgehead atoms. The second-order valence-corrected chi connectivity index (χ2v) is 7.02. The second-order valence-electron chi connectivity index (χ2n) is 6.11. The van der Waals surface area contributed by atoms with Gasteiger partial charge in [-0.05, 0) is 45.5 Å². The van der Waals surface area contributed by atoms with Crippen LogP contribution in [0.3, 0.4) is 0 Å². The summed E-state index contributed by atoms with van der Waals surface area (Å²) in [5, 5.41) is 1.19. The molecule has 3 rings (SSSR count). The number of aromatic nitrogens is 2. The quantitative estimate of drug-likeness (QED) is 0.812. The molecule has 2 aromatic rings. The van der Waals surface area contributed by atoms with Gasteiger partial charge in [-0.3, -0.25) is 0 Å². The number of aromatic amines is 1. The van der Waals surface area contributed by atoms with Crippen molar-refractivity contribution < 1.29 is 0 Å². The number of rotatable bonds is 2. The summed E-state index contributed by atoms with van der Waals surface area (Å²) in [5.74, 6) is 0.647. The summed E-state index contributed by atoms with van der Waals surface area (Å²) in [6.07, 6.45) is 12.0. The first-order chi connectivity index (χ1) is 9.48. The predicted octanol–water partition coefficient (Wildman–Crippen LogP) is 5.13. The molecule has 104 valence electrons. The molecule has 1 aliphatic carbocycles. The van der Waals surface area contributed by atoms with Crippen molar-refractivity contribution in [1.82, 2.24) is 9.97 Å². The molecule has 2 aromatic heterocycles. The molecule has 0 radical (unpaired) electrons. The number of hydrogen-bond donors (Lipinski definition) is 1. The van der Waals surface area contributed by atoms with Gasteiger partial charge in [-0.15, -0.1) is 0 Å². The van der Waals surface area contributed by atoms with E-state index < -0.39 is 0 Å². The molecule has 0 amide bonds. The zero-order valence-corrected chi connectivity index (χ0v) is 13.7. The van der Waals surface area contributed by atoms with Crippen LogP contribution in [0.15, 0.2) is 46.7 Å². The summed E-state index contributed by atoms with van der Waals surface area (Å²) in [5.41, 5.74) is 3.62. The molecule has 20 heavy (non-hydrogen) atoms. The zero-order chi connectivity index (χ0) is 14.3. The van der Waals surface area contributed by atoms with Crippen molar-refractivity contribution >= 4 is 27.0 Å². The highest BCUT2D eigenvalue weighted by Crippen LogP contribution is 2.38. The Hall–Kier alpha value is -1.35. The second kappa shape index (κ2) is 4.88. The number of H-pyrrole nitrogens is 1. The first kappa shape index (κ1) is 13.6. The molecule has 1 N–H and O–H groups in total. The summed E-state index contributed by atoms with van der Waals surface area (Å²) >= 11 is 3.52. The van der Waals surface area contributed by atoms with Gasteiger partial charge in [0.25, 0.3) is 0 Å². The molecule has 2 nitrogen and oxygen atoms in total. The molecule has 2 heterocycles. The van der Waals surface area contributed by atoms with E-state index in [4.69, 9.17) is 0 Å². The van der Waals surface area contributed by atoms with E-state index in [-0.39, 0.29) is 5.41 Å². The topological polar surface area (TPSA) is 28.7 Å². The lowest BCUT2D eigenvalue weighted by Gasteiger charge is -2.28. The lowest BCUT2D eigenvalue weighted by Crippen LogP contribution is -2.20. The first-order valence-electron chi connectivity index (χ1n) is 7.00. The summed E-state index contributed by atoms with van der Waals surface area (Å²) in [7, 11) is 0. The Labute approximate surface area is 128 Å². The van der Waals surface area contributed by atoms with Crippen LogP contribution in [-0.4, -0.2) is 9.97 Å². The molecule has 1 atom stereocenters. The number of pyridine rings is 1. The number of hydrogen-bond acceptors (Lipinski definition) is 1. The standard InChI is InChI=1S/C17H19BrN2/c1-11-4-6-12(7-5-11)17(2,3)15-10-20-16-14(15)8-13(18)9-19-16/h4,6-11H,5H2,1-3H3,(H,19,20). The van der Waals surface area contributed by atoms with Crippen molar-refractivity contribution in [2.75, 3.05) is 0 Å². The number of halogens is 1. The van der Waals surface area contributed by atoms with Crippen molar-refractivity contribution in [3.8, 4) is 0 Å². The van der Waals surface area contributed by atoms with E-state index in [0.29, 0.717) is 5.92 Å². The van der Waals surface area contributed by atoms with Crippen molar-refractivity contribution in [2.45, 2.75) is 32.6 Å². The fourth-order valence-corrected chi connectivity index (χ4v) is 3.17. The van der Waals surface area contributed by atoms with Crippen LogP contribution in [0.25, 0.3) is 11.0 Å². The molecule has 3 heteroatoms. The Morgan fingerprint density at radius 1 is 1.40 bits per heavy atom. The summed E-state index contributed by atoms with van der Waals surface area (Å²) in [4.78, 5) is 7.72. The third-order valence-electron chi connectivity index (χ3n) is 4.21. The van der Waals surface area contributed by atoms with E-state index in [9.17, 15) is 0 Å². The SMILES string of the molecule is CC1C=CC(C(C)(C)c2c[nH]c3ncc(Br)cc23)=CC1. The van der Waals surface area contributed by atoms with E-state index in [1.807, 2.05) is 6.20 Å². The fourth-order valence-electron chi connectivity index (χ4n) is 2.84. The third-order valence-corrected chi connectivity index (χ3v) is 4.64. The molecule has 1 unspecified atom stereocenters. The van der Waals surface area contributed by atoms with E-state index in [2.05, 4.69) is 77.2 Å². The minimum atomic E-state index is -0.0165. The average Bonchev–Trinajstić information content (AvgIpc) is 2.82. The fraction of sp³-hybridized carbons (Fsp3) is 0.353. The smallest absolute Gasteiger partial charge is 0.137 e. The molecular formula is C17H19BrN2. The van der Waals surface area contributed by atoms with Crippen LogP contribution in [0.5, 0.6) is 0 Å². The molecule has 0 fully saturated rings. The summed E-state index contributed by atoms with van der Waals surface area (Å²) in [6.45, 7) is 6.81. The molecule has 0 saturated heterocycles. The average molecular weight is 331 g/mol. The Bertz CT molecular complexity index is 707. The van der Waals surface area contributed by atoms with E-state index in [1.165, 1.54) is 16.5 Å². The van der Waals surface area contributed by atoms with Crippen LogP contribution in [0.2, 0.25) is 0 Å². The normalized spacial score (nSPS) is 19.4. The van der Waals surface area contributed by atoms with Gasteiger partial charge >= 0.3 is 0 Å². The maximum Gasteiger partial charge on any atom is 0.137 e. The predicted molar refractivity (Wildman–Crippen MR) is 87.8 cm³/mol. The molecule has 0 aromatic carbocycles. The van der Waals surface area contributed by atoms with Crippen molar-refractivity contribution in [2.24, 2.45) is 5.92 Å². The highest BCUT2D eigenvalue weighted by molar-refractivity contribution is 9.10. The molecule has 0 spiro atoms. The number of allylic oxidation sites excluding steroid dienone is 4. The van der Waals surface area contributed by atoms with Crippen molar-refractivity contribution in [3.63, 3.8) is 0 Å². The summed E-state index contributed by atoms with van der Waals surface area (Å²) in [6, 6.07) is 2.14. The minimum absolute atomic E-state index is 0.0165. The lowest BCUT2D eigenvalue weighted by molar-refractivity contribution is 0.620. The Morgan fingerprint density at radius 2 is 2.20 bits per heavy atom. The highest BCUT2D eigenvalue weighted by Gasteiger charge is 2.28. The number of fused-ring (bicyclic) bond motifs is 1. The van der Waals surface area contributed by atoms with Crippen molar-refractivity contribution in [3.05, 3.63) is 52.3 Å². The lowest BCUT2D eigenvalue weighted by atomic mass is 9.75. The first-order valence-corrected chi connectivity index (χ1v) is 7.80. The van der Waals surface area contributed by atoms with Crippen LogP contribution in [0.1, 0.15) is 32.8 Å². The number of nitrogens with zero attached hydrogens (tertiary/aromatic N) is 1. The van der Waals surface area contributed by atoms with Gasteiger partial charge in [0, 0.05) is 27.7 Å². The zero-order valence-electron chi connectivity index (χ0n) is 12.1. The van der Waals surface area contributed by atoms with Gasteiger partial charge in [0.2, 0.25) is 0 Å². The maximum absolute atomic E-state index is 4.43. The van der Waals surface area contributed by atoms with Gasteiger partial charge < -0.3 is 4.98 Å². The molecule has 0 saturated carbocycles. The Kier molecular flexibility index (Phi) is 3.33. The van der Waals surface area contributed by atoms with Crippen LogP contribution in [0, 0.1) is 5.92 Å². The van der Waals surface area contributed by atoms with Crippen LogP contribution in [-0.2, 0) is 5.41 Å². The molecular weight excluding hydrogens is 312 g/mol. The van der Waals surface area contributed by atoms with Gasteiger partial charge in [-0.1, -0.05) is 39.0 Å².